The average molecular weight is 273 g/mol. The van der Waals surface area contributed by atoms with Crippen LogP contribution in [0.15, 0.2) is 18.2 Å². The molecule has 2 N–H and O–H groups in total. The summed E-state index contributed by atoms with van der Waals surface area (Å²) in [7, 11) is 0. The van der Waals surface area contributed by atoms with E-state index in [1.54, 1.807) is 6.07 Å². The molecule has 1 aromatic rings. The maximum absolute atomic E-state index is 13.8. The minimum Gasteiger partial charge on any atom is -0.369 e. The van der Waals surface area contributed by atoms with Gasteiger partial charge in [0.2, 0.25) is 0 Å². The number of rotatable bonds is 3. The average Bonchev–Trinajstić information content (AvgIpc) is 2.31. The lowest BCUT2D eigenvalue weighted by atomic mass is 9.93. The summed E-state index contributed by atoms with van der Waals surface area (Å²) in [6.45, 7) is 4.58. The third kappa shape index (κ3) is 3.59. The molecule has 1 heterocycles. The van der Waals surface area contributed by atoms with Gasteiger partial charge in [0.05, 0.1) is 5.69 Å². The number of benzene rings is 1. The molecular weight excluding hydrogens is 251 g/mol. The Morgan fingerprint density at radius 1 is 1.33 bits per heavy atom. The summed E-state index contributed by atoms with van der Waals surface area (Å²) in [6, 6.07) is 5.49. The van der Waals surface area contributed by atoms with Gasteiger partial charge in [-0.25, -0.2) is 4.39 Å². The number of aryl methyl sites for hydroxylation is 1. The van der Waals surface area contributed by atoms with Crippen LogP contribution in [0.1, 0.15) is 24.8 Å². The van der Waals surface area contributed by atoms with Crippen molar-refractivity contribution in [1.29, 1.82) is 0 Å². The lowest BCUT2D eigenvalue weighted by Gasteiger charge is -2.33. The van der Waals surface area contributed by atoms with Gasteiger partial charge in [0.15, 0.2) is 0 Å². The van der Waals surface area contributed by atoms with E-state index in [4.69, 9.17) is 5.73 Å². The fraction of sp³-hybridized carbons (Fsp3) is 0.571. The van der Waals surface area contributed by atoms with Crippen molar-refractivity contribution in [2.75, 3.05) is 24.5 Å². The van der Waals surface area contributed by atoms with Crippen LogP contribution < -0.4 is 10.6 Å². The van der Waals surface area contributed by atoms with Gasteiger partial charge in [-0.2, -0.15) is 0 Å². The lowest BCUT2D eigenvalue weighted by Crippen LogP contribution is -2.34. The molecule has 0 aromatic heterocycles. The van der Waals surface area contributed by atoms with Gasteiger partial charge in [-0.1, -0.05) is 6.07 Å². The first kappa shape index (κ1) is 15.3. The molecule has 0 spiro atoms. The zero-order chi connectivity index (χ0) is 12.3. The summed E-state index contributed by atoms with van der Waals surface area (Å²) < 4.78 is 13.8. The molecule has 102 valence electrons. The van der Waals surface area contributed by atoms with Crippen molar-refractivity contribution in [1.82, 2.24) is 0 Å². The van der Waals surface area contributed by atoms with Crippen LogP contribution in [0.2, 0.25) is 0 Å². The van der Waals surface area contributed by atoms with Crippen LogP contribution >= 0.6 is 12.4 Å². The van der Waals surface area contributed by atoms with Crippen LogP contribution in [-0.2, 0) is 0 Å². The van der Waals surface area contributed by atoms with Gasteiger partial charge in [-0.3, -0.25) is 0 Å². The molecule has 1 aliphatic rings. The van der Waals surface area contributed by atoms with Gasteiger partial charge < -0.3 is 10.6 Å². The molecule has 4 heteroatoms. The van der Waals surface area contributed by atoms with E-state index in [1.807, 2.05) is 19.1 Å². The van der Waals surface area contributed by atoms with Gasteiger partial charge in [0, 0.05) is 13.1 Å². The fourth-order valence-electron chi connectivity index (χ4n) is 2.57. The monoisotopic (exact) mass is 272 g/mol. The summed E-state index contributed by atoms with van der Waals surface area (Å²) in [5.41, 5.74) is 7.30. The molecule has 1 fully saturated rings. The lowest BCUT2D eigenvalue weighted by molar-refractivity contribution is 0.384. The Kier molecular flexibility index (Phi) is 5.89. The van der Waals surface area contributed by atoms with Crippen molar-refractivity contribution >= 4 is 18.1 Å². The largest absolute Gasteiger partial charge is 0.369 e. The summed E-state index contributed by atoms with van der Waals surface area (Å²) in [5, 5.41) is 0. The van der Waals surface area contributed by atoms with E-state index < -0.39 is 0 Å². The maximum atomic E-state index is 13.8. The summed E-state index contributed by atoms with van der Waals surface area (Å²) in [5.74, 6) is 0.632. The minimum atomic E-state index is -0.0951. The third-order valence-corrected chi connectivity index (χ3v) is 3.63. The summed E-state index contributed by atoms with van der Waals surface area (Å²) >= 11 is 0. The maximum Gasteiger partial charge on any atom is 0.146 e. The smallest absolute Gasteiger partial charge is 0.146 e. The van der Waals surface area contributed by atoms with Gasteiger partial charge in [-0.05, 0) is 56.3 Å². The first-order valence-electron chi connectivity index (χ1n) is 6.42. The van der Waals surface area contributed by atoms with Gasteiger partial charge in [0.25, 0.3) is 0 Å². The molecule has 0 radical (unpaired) electrons. The van der Waals surface area contributed by atoms with Crippen molar-refractivity contribution in [2.45, 2.75) is 26.2 Å². The predicted octanol–water partition coefficient (Wildman–Crippen LogP) is 3.12. The number of hydrogen-bond donors (Lipinski definition) is 1. The topological polar surface area (TPSA) is 29.3 Å². The second kappa shape index (κ2) is 6.95. The molecule has 1 aliphatic heterocycles. The summed E-state index contributed by atoms with van der Waals surface area (Å²) in [6.07, 6.45) is 3.36. The van der Waals surface area contributed by atoms with Crippen LogP contribution in [0.4, 0.5) is 10.1 Å². The van der Waals surface area contributed by atoms with E-state index >= 15 is 0 Å². The number of anilines is 1. The highest BCUT2D eigenvalue weighted by atomic mass is 35.5. The number of piperidine rings is 1. The predicted molar refractivity (Wildman–Crippen MR) is 77.0 cm³/mol. The second-order valence-electron chi connectivity index (χ2n) is 4.96. The molecule has 0 saturated carbocycles. The molecule has 0 bridgehead atoms. The highest BCUT2D eigenvalue weighted by Gasteiger charge is 2.20. The Morgan fingerprint density at radius 3 is 2.56 bits per heavy atom. The molecule has 2 nitrogen and oxygen atoms in total. The Bertz CT molecular complexity index is 376. The van der Waals surface area contributed by atoms with E-state index in [0.717, 1.165) is 56.1 Å². The van der Waals surface area contributed by atoms with E-state index in [-0.39, 0.29) is 18.2 Å². The number of halogens is 2. The van der Waals surface area contributed by atoms with Crippen LogP contribution in [0.3, 0.4) is 0 Å². The second-order valence-corrected chi connectivity index (χ2v) is 4.96. The van der Waals surface area contributed by atoms with E-state index in [2.05, 4.69) is 4.90 Å². The van der Waals surface area contributed by atoms with Crippen LogP contribution in [-0.4, -0.2) is 19.6 Å². The first-order chi connectivity index (χ1) is 8.20. The Balaban J connectivity index is 0.00000162. The Hall–Kier alpha value is -0.800. The van der Waals surface area contributed by atoms with Crippen molar-refractivity contribution in [3.63, 3.8) is 0 Å². The normalized spacial score (nSPS) is 16.5. The third-order valence-electron chi connectivity index (χ3n) is 3.63. The van der Waals surface area contributed by atoms with Crippen molar-refractivity contribution in [3.05, 3.63) is 29.6 Å². The standard InChI is InChI=1S/C14H21FN2.ClH/c1-11-2-3-14(13(15)10-11)17-8-5-12(4-7-16)6-9-17;/h2-3,10,12H,4-9,16H2,1H3;1H. The van der Waals surface area contributed by atoms with Crippen LogP contribution in [0, 0.1) is 18.7 Å². The summed E-state index contributed by atoms with van der Waals surface area (Å²) in [4.78, 5) is 2.15. The van der Waals surface area contributed by atoms with Crippen molar-refractivity contribution in [2.24, 2.45) is 11.7 Å². The molecule has 0 atom stereocenters. The fourth-order valence-corrected chi connectivity index (χ4v) is 2.57. The van der Waals surface area contributed by atoms with E-state index in [0.29, 0.717) is 0 Å². The van der Waals surface area contributed by atoms with Crippen LogP contribution in [0.5, 0.6) is 0 Å². The zero-order valence-electron chi connectivity index (χ0n) is 10.9. The minimum absolute atomic E-state index is 0. The number of hydrogen-bond acceptors (Lipinski definition) is 2. The first-order valence-corrected chi connectivity index (χ1v) is 6.42. The van der Waals surface area contributed by atoms with Gasteiger partial charge >= 0.3 is 0 Å². The number of nitrogens with zero attached hydrogens (tertiary/aromatic N) is 1. The van der Waals surface area contributed by atoms with Crippen LogP contribution in [0.25, 0.3) is 0 Å². The Labute approximate surface area is 115 Å². The molecule has 18 heavy (non-hydrogen) atoms. The molecule has 0 amide bonds. The SMILES string of the molecule is Cc1ccc(N2CCC(CCN)CC2)c(F)c1.Cl. The molecule has 2 rings (SSSR count). The molecule has 0 aliphatic carbocycles. The quantitative estimate of drug-likeness (QED) is 0.916. The number of nitrogens with two attached hydrogens (primary N) is 1. The van der Waals surface area contributed by atoms with Gasteiger partial charge in [0.1, 0.15) is 5.82 Å². The van der Waals surface area contributed by atoms with E-state index in [9.17, 15) is 4.39 Å². The highest BCUT2D eigenvalue weighted by Crippen LogP contribution is 2.27. The van der Waals surface area contributed by atoms with E-state index in [1.165, 1.54) is 0 Å². The highest BCUT2D eigenvalue weighted by molar-refractivity contribution is 5.85. The zero-order valence-corrected chi connectivity index (χ0v) is 11.7. The van der Waals surface area contributed by atoms with Crippen molar-refractivity contribution in [3.8, 4) is 0 Å². The molecule has 0 unspecified atom stereocenters. The Morgan fingerprint density at radius 2 is 2.00 bits per heavy atom. The molecular formula is C14H22ClFN2. The molecule has 1 aromatic carbocycles. The molecule has 1 saturated heterocycles. The van der Waals surface area contributed by atoms with Crippen molar-refractivity contribution < 1.29 is 4.39 Å². The van der Waals surface area contributed by atoms with Gasteiger partial charge in [-0.15, -0.1) is 12.4 Å².